The van der Waals surface area contributed by atoms with E-state index in [4.69, 9.17) is 0 Å². The van der Waals surface area contributed by atoms with Crippen LogP contribution in [0.15, 0.2) is 109 Å². The average molecular weight is 485 g/mol. The van der Waals surface area contributed by atoms with Gasteiger partial charge in [-0.25, -0.2) is 0 Å². The summed E-state index contributed by atoms with van der Waals surface area (Å²) < 4.78 is 0. The lowest BCUT2D eigenvalue weighted by Gasteiger charge is -2.52. The summed E-state index contributed by atoms with van der Waals surface area (Å²) in [6.07, 6.45) is 0. The fourth-order valence-corrected chi connectivity index (χ4v) is 10.8. The summed E-state index contributed by atoms with van der Waals surface area (Å²) in [7, 11) is -0.664. The van der Waals surface area contributed by atoms with Crippen LogP contribution in [0.1, 0.15) is 44.4 Å². The van der Waals surface area contributed by atoms with Crippen LogP contribution in [0, 0.1) is 6.92 Å². The molecule has 0 bridgehead atoms. The van der Waals surface area contributed by atoms with Crippen molar-refractivity contribution in [1.82, 2.24) is 0 Å². The molecule has 1 aliphatic rings. The highest BCUT2D eigenvalue weighted by atomic mass is 31.1. The molecule has 0 aliphatic carbocycles. The number of rotatable bonds is 3. The van der Waals surface area contributed by atoms with E-state index in [0.717, 1.165) is 0 Å². The maximum absolute atomic E-state index is 2.50. The third-order valence-corrected chi connectivity index (χ3v) is 11.8. The molecule has 0 spiro atoms. The van der Waals surface area contributed by atoms with E-state index in [9.17, 15) is 0 Å². The van der Waals surface area contributed by atoms with Crippen molar-refractivity contribution < 1.29 is 0 Å². The Morgan fingerprint density at radius 3 is 1.56 bits per heavy atom. The van der Waals surface area contributed by atoms with Gasteiger partial charge in [0.25, 0.3) is 0 Å². The maximum atomic E-state index is 2.50. The molecule has 0 saturated carbocycles. The van der Waals surface area contributed by atoms with Gasteiger partial charge >= 0.3 is 0 Å². The highest BCUT2D eigenvalue weighted by Crippen LogP contribution is 2.72. The molecule has 0 radical (unpaired) electrons. The van der Waals surface area contributed by atoms with Crippen LogP contribution in [0.4, 0.5) is 0 Å². The Morgan fingerprint density at radius 1 is 0.500 bits per heavy atom. The lowest BCUT2D eigenvalue weighted by atomic mass is 9.85. The first-order valence-corrected chi connectivity index (χ1v) is 14.2. The molecule has 5 aromatic rings. The van der Waals surface area contributed by atoms with Gasteiger partial charge in [0, 0.05) is 10.3 Å². The summed E-state index contributed by atoms with van der Waals surface area (Å²) in [4.78, 5) is 0. The largest absolute Gasteiger partial charge is 0.0622 e. The van der Waals surface area contributed by atoms with Crippen LogP contribution in [0.5, 0.6) is 0 Å². The topological polar surface area (TPSA) is 0 Å². The molecule has 1 heteroatoms. The monoisotopic (exact) mass is 484 g/mol. The third-order valence-electron chi connectivity index (χ3n) is 8.12. The van der Waals surface area contributed by atoms with Crippen molar-refractivity contribution in [2.75, 3.05) is 0 Å². The van der Waals surface area contributed by atoms with Crippen LogP contribution in [0.3, 0.4) is 0 Å². The highest BCUT2D eigenvalue weighted by Gasteiger charge is 2.49. The molecular weight excluding hydrogens is 451 g/mol. The first-order chi connectivity index (χ1) is 17.3. The van der Waals surface area contributed by atoms with Crippen molar-refractivity contribution in [2.24, 2.45) is 0 Å². The second kappa shape index (κ2) is 8.43. The number of benzene rings is 5. The molecule has 1 unspecified atom stereocenters. The van der Waals surface area contributed by atoms with Gasteiger partial charge < -0.3 is 0 Å². The molecule has 5 aromatic carbocycles. The summed E-state index contributed by atoms with van der Waals surface area (Å²) in [5.41, 5.74) is 9.68. The molecule has 0 fully saturated rings. The fourth-order valence-electron chi connectivity index (χ4n) is 6.56. The molecule has 0 amide bonds. The quantitative estimate of drug-likeness (QED) is 0.224. The lowest BCUT2D eigenvalue weighted by molar-refractivity contribution is 0.679. The number of hydrogen-bond donors (Lipinski definition) is 0. The van der Waals surface area contributed by atoms with Crippen molar-refractivity contribution in [3.63, 3.8) is 0 Å². The Kier molecular flexibility index (Phi) is 5.43. The van der Waals surface area contributed by atoms with E-state index in [0.29, 0.717) is 0 Å². The molecule has 0 N–H and O–H groups in total. The van der Waals surface area contributed by atoms with Gasteiger partial charge in [-0.05, 0) is 61.9 Å². The van der Waals surface area contributed by atoms with Gasteiger partial charge in [-0.1, -0.05) is 145 Å². The zero-order chi connectivity index (χ0) is 25.1. The summed E-state index contributed by atoms with van der Waals surface area (Å²) >= 11 is 0. The van der Waals surface area contributed by atoms with E-state index in [2.05, 4.69) is 144 Å². The van der Waals surface area contributed by atoms with Crippen LogP contribution in [-0.2, 0) is 10.3 Å². The van der Waals surface area contributed by atoms with Gasteiger partial charge in [-0.3, -0.25) is 0 Å². The van der Waals surface area contributed by atoms with Gasteiger partial charge in [0.1, 0.15) is 0 Å². The Balaban J connectivity index is 1.73. The standard InChI is InChI=1S/C35H33P/c1-24-22-23-31-32-27(24)18-13-21-30(32)34(2,3)36(35(31,4)5)33-28(25-14-8-6-9-15-25)19-12-20-29(33)26-16-10-7-11-17-26/h6-23H,1-5H3. The van der Waals surface area contributed by atoms with E-state index in [1.165, 1.54) is 55.0 Å². The second-order valence-corrected chi connectivity index (χ2v) is 14.4. The Morgan fingerprint density at radius 2 is 1.00 bits per heavy atom. The molecule has 1 atom stereocenters. The van der Waals surface area contributed by atoms with Crippen LogP contribution in [0.2, 0.25) is 0 Å². The minimum atomic E-state index is -0.664. The first kappa shape index (κ1) is 23.2. The minimum Gasteiger partial charge on any atom is -0.0622 e. The van der Waals surface area contributed by atoms with Gasteiger partial charge in [0.05, 0.1) is 0 Å². The predicted octanol–water partition coefficient (Wildman–Crippen LogP) is 9.77. The van der Waals surface area contributed by atoms with Gasteiger partial charge in [-0.2, -0.15) is 0 Å². The first-order valence-electron chi connectivity index (χ1n) is 12.9. The van der Waals surface area contributed by atoms with Gasteiger partial charge in [0.15, 0.2) is 0 Å². The van der Waals surface area contributed by atoms with Gasteiger partial charge in [-0.15, -0.1) is 0 Å². The maximum Gasteiger partial charge on any atom is 0.0153 e. The highest BCUT2D eigenvalue weighted by molar-refractivity contribution is 7.68. The van der Waals surface area contributed by atoms with E-state index in [1.807, 2.05) is 0 Å². The minimum absolute atomic E-state index is 0.00640. The molecule has 0 aromatic heterocycles. The molecule has 36 heavy (non-hydrogen) atoms. The van der Waals surface area contributed by atoms with E-state index in [-0.39, 0.29) is 10.3 Å². The summed E-state index contributed by atoms with van der Waals surface area (Å²) in [5, 5.41) is 4.38. The molecule has 1 aliphatic heterocycles. The molecule has 6 rings (SSSR count). The summed E-state index contributed by atoms with van der Waals surface area (Å²) in [6, 6.07) is 40.6. The van der Waals surface area contributed by atoms with Crippen molar-refractivity contribution in [1.29, 1.82) is 0 Å². The van der Waals surface area contributed by atoms with Crippen LogP contribution >= 0.6 is 7.92 Å². The molecule has 1 heterocycles. The molecule has 0 saturated heterocycles. The third kappa shape index (κ3) is 3.39. The lowest BCUT2D eigenvalue weighted by Crippen LogP contribution is -2.37. The Hall–Kier alpha value is -3.21. The van der Waals surface area contributed by atoms with Crippen molar-refractivity contribution >= 4 is 24.0 Å². The zero-order valence-electron chi connectivity index (χ0n) is 21.8. The normalized spacial score (nSPS) is 17.8. The number of hydrogen-bond acceptors (Lipinski definition) is 0. The zero-order valence-corrected chi connectivity index (χ0v) is 22.7. The second-order valence-electron chi connectivity index (χ2n) is 11.0. The predicted molar refractivity (Wildman–Crippen MR) is 159 cm³/mol. The van der Waals surface area contributed by atoms with E-state index < -0.39 is 7.92 Å². The van der Waals surface area contributed by atoms with E-state index in [1.54, 1.807) is 0 Å². The van der Waals surface area contributed by atoms with E-state index >= 15 is 0 Å². The molecule has 0 nitrogen and oxygen atoms in total. The smallest absolute Gasteiger partial charge is 0.0153 e. The van der Waals surface area contributed by atoms with Crippen LogP contribution in [-0.4, -0.2) is 0 Å². The summed E-state index contributed by atoms with van der Waals surface area (Å²) in [6.45, 7) is 12.2. The van der Waals surface area contributed by atoms with Crippen LogP contribution in [0.25, 0.3) is 33.0 Å². The fraction of sp³-hybridized carbons (Fsp3) is 0.200. The summed E-state index contributed by atoms with van der Waals surface area (Å²) in [5.74, 6) is 0. The Labute approximate surface area is 216 Å². The molecular formula is C35H33P. The van der Waals surface area contributed by atoms with Crippen molar-refractivity contribution in [3.8, 4) is 22.3 Å². The van der Waals surface area contributed by atoms with Gasteiger partial charge in [0.2, 0.25) is 0 Å². The van der Waals surface area contributed by atoms with Crippen LogP contribution < -0.4 is 5.30 Å². The average Bonchev–Trinajstić information content (AvgIpc) is 2.89. The Bertz CT molecular complexity index is 1500. The SMILES string of the molecule is Cc1ccc2c3c(cccc13)C(C)(C)P(c1c(-c3ccccc3)cccc1-c1ccccc1)C2(C)C. The molecule has 178 valence electrons. The van der Waals surface area contributed by atoms with Crippen molar-refractivity contribution in [2.45, 2.75) is 44.9 Å². The van der Waals surface area contributed by atoms with Crippen molar-refractivity contribution in [3.05, 3.63) is 126 Å². The number of aryl methyl sites for hydroxylation is 1.